The van der Waals surface area contributed by atoms with Crippen LogP contribution in [0, 0.1) is 0 Å². The van der Waals surface area contributed by atoms with E-state index in [2.05, 4.69) is 28.1 Å². The molecule has 0 aromatic heterocycles. The molecule has 214 valence electrons. The molecule has 0 aromatic carbocycles. The molecular weight excluding hydrogens is 481 g/mol. The number of carbonyl (C=O) groups excluding carboxylic acids is 1. The molecule has 0 radical (unpaired) electrons. The van der Waals surface area contributed by atoms with Crippen molar-refractivity contribution >= 4 is 13.8 Å². The zero-order valence-electron chi connectivity index (χ0n) is 22.7. The van der Waals surface area contributed by atoms with Crippen molar-refractivity contribution < 1.29 is 33.1 Å². The van der Waals surface area contributed by atoms with Gasteiger partial charge in [0.2, 0.25) is 0 Å². The Bertz CT molecular complexity index is 574. The summed E-state index contributed by atoms with van der Waals surface area (Å²) < 4.78 is 25.6. The van der Waals surface area contributed by atoms with Gasteiger partial charge in [0.25, 0.3) is 0 Å². The molecule has 0 aliphatic heterocycles. The highest BCUT2D eigenvalue weighted by atomic mass is 31.2. The molecule has 0 bridgehead atoms. The first-order valence-electron chi connectivity index (χ1n) is 14.2. The predicted molar refractivity (Wildman–Crippen MR) is 146 cm³/mol. The first-order chi connectivity index (χ1) is 17.4. The van der Waals surface area contributed by atoms with Crippen molar-refractivity contribution in [1.29, 1.82) is 0 Å². The molecule has 0 aromatic rings. The number of phosphoric acid groups is 1. The highest BCUT2D eigenvalue weighted by molar-refractivity contribution is 7.47. The monoisotopic (exact) mass is 535 g/mol. The van der Waals surface area contributed by atoms with Gasteiger partial charge in [-0.25, -0.2) is 4.57 Å². The number of hydrogen-bond acceptors (Lipinski definition) is 7. The van der Waals surface area contributed by atoms with E-state index in [9.17, 15) is 19.4 Å². The van der Waals surface area contributed by atoms with E-state index in [1.807, 2.05) is 0 Å². The van der Waals surface area contributed by atoms with Crippen LogP contribution < -0.4 is 5.73 Å². The molecule has 0 heterocycles. The maximum atomic E-state index is 11.8. The Morgan fingerprint density at radius 1 is 0.806 bits per heavy atom. The van der Waals surface area contributed by atoms with Crippen LogP contribution in [0.5, 0.6) is 0 Å². The third-order valence-corrected chi connectivity index (χ3v) is 6.87. The first kappa shape index (κ1) is 35.2. The van der Waals surface area contributed by atoms with Crippen molar-refractivity contribution in [3.63, 3.8) is 0 Å². The Kier molecular flexibility index (Phi) is 25.3. The van der Waals surface area contributed by atoms with E-state index in [-0.39, 0.29) is 25.7 Å². The van der Waals surface area contributed by atoms with Gasteiger partial charge in [0.05, 0.1) is 13.2 Å². The number of esters is 1. The van der Waals surface area contributed by atoms with Crippen molar-refractivity contribution in [3.8, 4) is 0 Å². The van der Waals surface area contributed by atoms with Gasteiger partial charge in [-0.15, -0.1) is 0 Å². The Labute approximate surface area is 220 Å². The third-order valence-electron chi connectivity index (χ3n) is 5.88. The summed E-state index contributed by atoms with van der Waals surface area (Å²) in [5.41, 5.74) is 5.18. The molecule has 8 nitrogen and oxygen atoms in total. The molecule has 36 heavy (non-hydrogen) atoms. The van der Waals surface area contributed by atoms with Crippen molar-refractivity contribution in [2.45, 2.75) is 129 Å². The quantitative estimate of drug-likeness (QED) is 0.0466. The highest BCUT2D eigenvalue weighted by Crippen LogP contribution is 2.42. The van der Waals surface area contributed by atoms with Crippen molar-refractivity contribution in [3.05, 3.63) is 12.2 Å². The van der Waals surface area contributed by atoms with E-state index >= 15 is 0 Å². The van der Waals surface area contributed by atoms with E-state index in [0.29, 0.717) is 6.42 Å². The van der Waals surface area contributed by atoms with Crippen LogP contribution >= 0.6 is 7.82 Å². The van der Waals surface area contributed by atoms with Crippen LogP contribution in [0.1, 0.15) is 122 Å². The fourth-order valence-corrected chi connectivity index (χ4v) is 4.51. The van der Waals surface area contributed by atoms with Gasteiger partial charge < -0.3 is 20.5 Å². The fraction of sp³-hybridized carbons (Fsp3) is 0.889. The lowest BCUT2D eigenvalue weighted by molar-refractivity contribution is -0.147. The molecule has 0 amide bonds. The minimum absolute atomic E-state index is 0.0750. The topological polar surface area (TPSA) is 128 Å². The van der Waals surface area contributed by atoms with Gasteiger partial charge in [0.15, 0.2) is 0 Å². The molecule has 0 saturated carbocycles. The summed E-state index contributed by atoms with van der Waals surface area (Å²) in [4.78, 5) is 21.1. The van der Waals surface area contributed by atoms with Crippen LogP contribution in [0.2, 0.25) is 0 Å². The van der Waals surface area contributed by atoms with Gasteiger partial charge in [0, 0.05) is 13.0 Å². The van der Waals surface area contributed by atoms with Gasteiger partial charge in [-0.05, 0) is 32.1 Å². The number of aliphatic hydroxyl groups excluding tert-OH is 1. The van der Waals surface area contributed by atoms with Crippen LogP contribution in [0.25, 0.3) is 0 Å². The molecule has 0 rings (SSSR count). The second-order valence-corrected chi connectivity index (χ2v) is 10.9. The summed E-state index contributed by atoms with van der Waals surface area (Å²) in [5.74, 6) is -0.387. The van der Waals surface area contributed by atoms with E-state index in [1.165, 1.54) is 89.9 Å². The molecule has 0 saturated heterocycles. The number of phosphoric ester groups is 1. The standard InChI is InChI=1S/C27H54NO7P/c1-2-3-4-5-6-7-8-9-10-11-12-13-14-15-16-17-18-19-20-21-27(30)33-24-26(29)25-35-36(31,32)34-23-22-28/h9-10,26,29H,2-8,11-25,28H2,1H3,(H,31,32)/t26-/m1/s1. The summed E-state index contributed by atoms with van der Waals surface area (Å²) in [6.07, 6.45) is 24.9. The Morgan fingerprint density at radius 2 is 1.31 bits per heavy atom. The Hall–Kier alpha value is -0.760. The first-order valence-corrected chi connectivity index (χ1v) is 15.7. The normalized spacial score (nSPS) is 14.2. The van der Waals surface area contributed by atoms with Crippen molar-refractivity contribution in [1.82, 2.24) is 0 Å². The number of rotatable bonds is 27. The molecule has 0 fully saturated rings. The van der Waals surface area contributed by atoms with Crippen LogP contribution in [-0.2, 0) is 23.1 Å². The van der Waals surface area contributed by atoms with E-state index in [0.717, 1.165) is 19.3 Å². The second-order valence-electron chi connectivity index (χ2n) is 9.47. The van der Waals surface area contributed by atoms with Gasteiger partial charge in [-0.3, -0.25) is 13.8 Å². The second kappa shape index (κ2) is 25.9. The molecule has 0 aliphatic rings. The third kappa shape index (κ3) is 26.3. The number of nitrogens with two attached hydrogens (primary N) is 1. The Morgan fingerprint density at radius 3 is 1.83 bits per heavy atom. The molecule has 0 spiro atoms. The molecule has 0 aliphatic carbocycles. The molecule has 1 unspecified atom stereocenters. The average Bonchev–Trinajstić information content (AvgIpc) is 2.86. The molecule has 2 atom stereocenters. The smallest absolute Gasteiger partial charge is 0.463 e. The molecule has 9 heteroatoms. The van der Waals surface area contributed by atoms with Crippen LogP contribution in [0.4, 0.5) is 0 Å². The lowest BCUT2D eigenvalue weighted by Crippen LogP contribution is -2.23. The van der Waals surface area contributed by atoms with Crippen LogP contribution in [-0.4, -0.2) is 48.4 Å². The minimum atomic E-state index is -4.24. The number of aliphatic hydroxyl groups is 1. The molecule has 4 N–H and O–H groups in total. The highest BCUT2D eigenvalue weighted by Gasteiger charge is 2.22. The maximum Gasteiger partial charge on any atom is 0.472 e. The number of hydrogen-bond donors (Lipinski definition) is 3. The van der Waals surface area contributed by atoms with Crippen molar-refractivity contribution in [2.24, 2.45) is 5.73 Å². The zero-order valence-corrected chi connectivity index (χ0v) is 23.6. The maximum absolute atomic E-state index is 11.8. The van der Waals surface area contributed by atoms with Crippen molar-refractivity contribution in [2.75, 3.05) is 26.4 Å². The zero-order chi connectivity index (χ0) is 26.7. The van der Waals surface area contributed by atoms with Gasteiger partial charge in [0.1, 0.15) is 12.7 Å². The number of ether oxygens (including phenoxy) is 1. The average molecular weight is 536 g/mol. The van der Waals surface area contributed by atoms with E-state index < -0.39 is 20.5 Å². The lowest BCUT2D eigenvalue weighted by atomic mass is 10.1. The SMILES string of the molecule is CCCCCCCCC=CCCCCCCCCCCCC(=O)OC[C@@H](O)COP(=O)(O)OCCN. The predicted octanol–water partition coefficient (Wildman–Crippen LogP) is 6.58. The number of unbranched alkanes of at least 4 members (excludes halogenated alkanes) is 15. The van der Waals surface area contributed by atoms with Crippen LogP contribution in [0.15, 0.2) is 12.2 Å². The minimum Gasteiger partial charge on any atom is -0.463 e. The van der Waals surface area contributed by atoms with E-state index in [4.69, 9.17) is 10.5 Å². The lowest BCUT2D eigenvalue weighted by Gasteiger charge is -2.15. The summed E-state index contributed by atoms with van der Waals surface area (Å²) in [6.45, 7) is 1.45. The summed E-state index contributed by atoms with van der Waals surface area (Å²) >= 11 is 0. The summed E-state index contributed by atoms with van der Waals surface area (Å²) in [6, 6.07) is 0. The Balaban J connectivity index is 3.40. The number of carbonyl (C=O) groups is 1. The van der Waals surface area contributed by atoms with Gasteiger partial charge in [-0.1, -0.05) is 96.1 Å². The number of allylic oxidation sites excluding steroid dienone is 2. The summed E-state index contributed by atoms with van der Waals surface area (Å²) in [7, 11) is -4.24. The summed E-state index contributed by atoms with van der Waals surface area (Å²) in [5, 5.41) is 9.70. The van der Waals surface area contributed by atoms with Gasteiger partial charge >= 0.3 is 13.8 Å². The van der Waals surface area contributed by atoms with Crippen LogP contribution in [0.3, 0.4) is 0 Å². The van der Waals surface area contributed by atoms with E-state index in [1.54, 1.807) is 0 Å². The fourth-order valence-electron chi connectivity index (χ4n) is 3.74. The molecular formula is C27H54NO7P. The largest absolute Gasteiger partial charge is 0.472 e. The van der Waals surface area contributed by atoms with Gasteiger partial charge in [-0.2, -0.15) is 0 Å².